The second kappa shape index (κ2) is 7.98. The van der Waals surface area contributed by atoms with E-state index in [0.717, 1.165) is 36.9 Å². The third kappa shape index (κ3) is 4.99. The van der Waals surface area contributed by atoms with E-state index in [2.05, 4.69) is 29.2 Å². The minimum atomic E-state index is -0.627. The molecular formula is C19H33NO2. The van der Waals surface area contributed by atoms with E-state index in [1.165, 1.54) is 0 Å². The van der Waals surface area contributed by atoms with Crippen LogP contribution in [0.15, 0.2) is 24.3 Å². The first-order chi connectivity index (χ1) is 10.3. The standard InChI is InChI=1S/C19H33NO2/c1-6-18(21,7-2)14-16-10-12-17(13-11-16)20(5)15-19(22,8-3)9-4/h10-13,21-22H,6-9,14-15H2,1-5H3. The average molecular weight is 307 g/mol. The van der Waals surface area contributed by atoms with Gasteiger partial charge >= 0.3 is 0 Å². The molecule has 1 rings (SSSR count). The molecule has 0 amide bonds. The van der Waals surface area contributed by atoms with Gasteiger partial charge in [0.15, 0.2) is 0 Å². The Labute approximate surface area is 136 Å². The molecule has 2 N–H and O–H groups in total. The molecule has 0 spiro atoms. The van der Waals surface area contributed by atoms with E-state index in [1.807, 2.05) is 34.7 Å². The first kappa shape index (κ1) is 19.0. The Kier molecular flexibility index (Phi) is 6.89. The van der Waals surface area contributed by atoms with Crippen molar-refractivity contribution in [2.24, 2.45) is 0 Å². The molecule has 0 radical (unpaired) electrons. The van der Waals surface area contributed by atoms with Crippen LogP contribution in [0, 0.1) is 0 Å². The Bertz CT molecular complexity index is 433. The van der Waals surface area contributed by atoms with Crippen molar-refractivity contribution in [3.63, 3.8) is 0 Å². The highest BCUT2D eigenvalue weighted by atomic mass is 16.3. The quantitative estimate of drug-likeness (QED) is 0.730. The highest BCUT2D eigenvalue weighted by Crippen LogP contribution is 2.24. The van der Waals surface area contributed by atoms with E-state index in [1.54, 1.807) is 0 Å². The summed E-state index contributed by atoms with van der Waals surface area (Å²) in [5.74, 6) is 0. The maximum atomic E-state index is 10.5. The summed E-state index contributed by atoms with van der Waals surface area (Å²) in [5, 5.41) is 20.9. The van der Waals surface area contributed by atoms with Gasteiger partial charge in [-0.15, -0.1) is 0 Å². The van der Waals surface area contributed by atoms with Crippen LogP contribution < -0.4 is 4.90 Å². The first-order valence-corrected chi connectivity index (χ1v) is 8.56. The molecule has 0 aromatic heterocycles. The van der Waals surface area contributed by atoms with Crippen LogP contribution in [0.1, 0.15) is 58.9 Å². The Balaban J connectivity index is 2.76. The highest BCUT2D eigenvalue weighted by molar-refractivity contribution is 5.47. The molecule has 0 aliphatic carbocycles. The second-order valence-electron chi connectivity index (χ2n) is 6.56. The zero-order chi connectivity index (χ0) is 16.8. The van der Waals surface area contributed by atoms with Crippen molar-refractivity contribution in [3.05, 3.63) is 29.8 Å². The molecule has 0 aliphatic heterocycles. The zero-order valence-electron chi connectivity index (χ0n) is 14.9. The lowest BCUT2D eigenvalue weighted by atomic mass is 9.89. The molecule has 1 aromatic rings. The van der Waals surface area contributed by atoms with E-state index in [4.69, 9.17) is 0 Å². The molecular weight excluding hydrogens is 274 g/mol. The third-order valence-electron chi connectivity index (χ3n) is 5.07. The van der Waals surface area contributed by atoms with E-state index < -0.39 is 11.2 Å². The fraction of sp³-hybridized carbons (Fsp3) is 0.684. The van der Waals surface area contributed by atoms with Crippen LogP contribution in [-0.4, -0.2) is 35.0 Å². The average Bonchev–Trinajstić information content (AvgIpc) is 2.55. The summed E-state index contributed by atoms with van der Waals surface area (Å²) >= 11 is 0. The zero-order valence-corrected chi connectivity index (χ0v) is 14.9. The topological polar surface area (TPSA) is 43.7 Å². The van der Waals surface area contributed by atoms with Crippen molar-refractivity contribution < 1.29 is 10.2 Å². The smallest absolute Gasteiger partial charge is 0.0816 e. The lowest BCUT2D eigenvalue weighted by Gasteiger charge is -2.32. The van der Waals surface area contributed by atoms with Crippen molar-refractivity contribution in [2.45, 2.75) is 71.0 Å². The van der Waals surface area contributed by atoms with Crippen molar-refractivity contribution in [3.8, 4) is 0 Å². The summed E-state index contributed by atoms with van der Waals surface area (Å²) in [6, 6.07) is 8.32. The van der Waals surface area contributed by atoms with Gasteiger partial charge in [0.2, 0.25) is 0 Å². The SMILES string of the molecule is CCC(O)(CC)Cc1ccc(N(C)CC(O)(CC)CC)cc1. The molecule has 0 atom stereocenters. The molecule has 0 aliphatic rings. The number of likely N-dealkylation sites (N-methyl/N-ethyl adjacent to an activating group) is 1. The van der Waals surface area contributed by atoms with E-state index >= 15 is 0 Å². The maximum absolute atomic E-state index is 10.5. The van der Waals surface area contributed by atoms with E-state index in [9.17, 15) is 10.2 Å². The van der Waals surface area contributed by atoms with Crippen molar-refractivity contribution >= 4 is 5.69 Å². The van der Waals surface area contributed by atoms with Gasteiger partial charge in [-0.2, -0.15) is 0 Å². The summed E-state index contributed by atoms with van der Waals surface area (Å²) in [6.45, 7) is 8.74. The first-order valence-electron chi connectivity index (χ1n) is 8.56. The third-order valence-corrected chi connectivity index (χ3v) is 5.07. The second-order valence-corrected chi connectivity index (χ2v) is 6.56. The van der Waals surface area contributed by atoms with Gasteiger partial charge in [-0.3, -0.25) is 0 Å². The number of anilines is 1. The van der Waals surface area contributed by atoms with Crippen LogP contribution in [0.2, 0.25) is 0 Å². The lowest BCUT2D eigenvalue weighted by molar-refractivity contribution is 0.0326. The number of rotatable bonds is 9. The van der Waals surface area contributed by atoms with Gasteiger partial charge in [0.1, 0.15) is 0 Å². The molecule has 3 nitrogen and oxygen atoms in total. The van der Waals surface area contributed by atoms with Crippen LogP contribution in [0.5, 0.6) is 0 Å². The molecule has 0 bridgehead atoms. The summed E-state index contributed by atoms with van der Waals surface area (Å²) < 4.78 is 0. The van der Waals surface area contributed by atoms with Crippen molar-refractivity contribution in [1.29, 1.82) is 0 Å². The minimum absolute atomic E-state index is 0.599. The van der Waals surface area contributed by atoms with Crippen molar-refractivity contribution in [1.82, 2.24) is 0 Å². The number of aliphatic hydroxyl groups is 2. The molecule has 0 saturated carbocycles. The normalized spacial score (nSPS) is 12.5. The molecule has 126 valence electrons. The minimum Gasteiger partial charge on any atom is -0.390 e. The Hall–Kier alpha value is -1.06. The lowest BCUT2D eigenvalue weighted by Crippen LogP contribution is -2.40. The Morgan fingerprint density at radius 2 is 1.27 bits per heavy atom. The fourth-order valence-electron chi connectivity index (χ4n) is 2.75. The molecule has 0 unspecified atom stereocenters. The number of hydrogen-bond acceptors (Lipinski definition) is 3. The van der Waals surface area contributed by atoms with Gasteiger partial charge in [0.05, 0.1) is 11.2 Å². The highest BCUT2D eigenvalue weighted by Gasteiger charge is 2.25. The molecule has 22 heavy (non-hydrogen) atoms. The molecule has 0 heterocycles. The summed E-state index contributed by atoms with van der Waals surface area (Å²) in [5.41, 5.74) is 1.03. The number of benzene rings is 1. The van der Waals surface area contributed by atoms with Gasteiger partial charge in [-0.25, -0.2) is 0 Å². The van der Waals surface area contributed by atoms with Gasteiger partial charge in [0, 0.05) is 25.7 Å². The number of hydrogen-bond donors (Lipinski definition) is 2. The summed E-state index contributed by atoms with van der Waals surface area (Å²) in [6.07, 6.45) is 3.74. The van der Waals surface area contributed by atoms with Crippen LogP contribution in [0.25, 0.3) is 0 Å². The maximum Gasteiger partial charge on any atom is 0.0816 e. The monoisotopic (exact) mass is 307 g/mol. The van der Waals surface area contributed by atoms with Gasteiger partial charge < -0.3 is 15.1 Å². The van der Waals surface area contributed by atoms with Crippen molar-refractivity contribution in [2.75, 3.05) is 18.5 Å². The molecule has 0 fully saturated rings. The largest absolute Gasteiger partial charge is 0.390 e. The van der Waals surface area contributed by atoms with E-state index in [0.29, 0.717) is 13.0 Å². The molecule has 0 saturated heterocycles. The summed E-state index contributed by atoms with van der Waals surface area (Å²) in [7, 11) is 2.01. The summed E-state index contributed by atoms with van der Waals surface area (Å²) in [4.78, 5) is 2.10. The Morgan fingerprint density at radius 3 is 1.68 bits per heavy atom. The van der Waals surface area contributed by atoms with Crippen LogP contribution in [0.4, 0.5) is 5.69 Å². The van der Waals surface area contributed by atoms with Crippen LogP contribution >= 0.6 is 0 Å². The number of nitrogens with zero attached hydrogens (tertiary/aromatic N) is 1. The predicted octanol–water partition coefficient (Wildman–Crippen LogP) is 3.77. The Morgan fingerprint density at radius 1 is 0.818 bits per heavy atom. The van der Waals surface area contributed by atoms with E-state index in [-0.39, 0.29) is 0 Å². The molecule has 1 aromatic carbocycles. The van der Waals surface area contributed by atoms with Gasteiger partial charge in [0.25, 0.3) is 0 Å². The van der Waals surface area contributed by atoms with Crippen LogP contribution in [-0.2, 0) is 6.42 Å². The predicted molar refractivity (Wildman–Crippen MR) is 94.5 cm³/mol. The molecule has 3 heteroatoms. The van der Waals surface area contributed by atoms with Gasteiger partial charge in [-0.05, 0) is 43.4 Å². The van der Waals surface area contributed by atoms with Gasteiger partial charge in [-0.1, -0.05) is 39.8 Å². The fourth-order valence-corrected chi connectivity index (χ4v) is 2.75. The van der Waals surface area contributed by atoms with Crippen LogP contribution in [0.3, 0.4) is 0 Å².